The van der Waals surface area contributed by atoms with Crippen LogP contribution in [0.3, 0.4) is 0 Å². The number of aromatic nitrogens is 1. The predicted molar refractivity (Wildman–Crippen MR) is 96.6 cm³/mol. The van der Waals surface area contributed by atoms with E-state index >= 15 is 0 Å². The van der Waals surface area contributed by atoms with Crippen LogP contribution in [0.25, 0.3) is 10.1 Å². The molecule has 0 spiro atoms. The molecule has 1 aromatic carbocycles. The summed E-state index contributed by atoms with van der Waals surface area (Å²) in [5, 5.41) is 7.37. The summed E-state index contributed by atoms with van der Waals surface area (Å²) in [4.78, 5) is 0. The fraction of sp³-hybridized carbons (Fsp3) is 0.368. The lowest BCUT2D eigenvalue weighted by molar-refractivity contribution is 0.547. The summed E-state index contributed by atoms with van der Waals surface area (Å²) in [5.74, 6) is 0. The summed E-state index contributed by atoms with van der Waals surface area (Å²) in [7, 11) is 2.12. The summed E-state index contributed by atoms with van der Waals surface area (Å²) in [5.41, 5.74) is 2.86. The number of rotatable bonds is 7. The molecule has 0 saturated heterocycles. The van der Waals surface area contributed by atoms with Crippen LogP contribution >= 0.6 is 11.3 Å². The monoisotopic (exact) mass is 312 g/mol. The van der Waals surface area contributed by atoms with E-state index in [-0.39, 0.29) is 0 Å². The van der Waals surface area contributed by atoms with Crippen molar-refractivity contribution in [2.75, 3.05) is 6.54 Å². The van der Waals surface area contributed by atoms with E-state index < -0.39 is 0 Å². The van der Waals surface area contributed by atoms with Crippen molar-refractivity contribution in [1.82, 2.24) is 9.88 Å². The average Bonchev–Trinajstić information content (AvgIpc) is 3.13. The van der Waals surface area contributed by atoms with Gasteiger partial charge in [-0.05, 0) is 67.3 Å². The Hall–Kier alpha value is -1.58. The summed E-state index contributed by atoms with van der Waals surface area (Å²) in [6, 6.07) is 13.4. The number of unbranched alkanes of at least 4 members (excludes halogenated alkanes) is 1. The Morgan fingerprint density at radius 2 is 2.00 bits per heavy atom. The number of hydrogen-bond acceptors (Lipinski definition) is 2. The van der Waals surface area contributed by atoms with Gasteiger partial charge in [-0.1, -0.05) is 18.2 Å². The minimum Gasteiger partial charge on any atom is -0.354 e. The van der Waals surface area contributed by atoms with Crippen LogP contribution in [-0.2, 0) is 13.5 Å². The van der Waals surface area contributed by atoms with E-state index in [1.165, 1.54) is 40.6 Å². The summed E-state index contributed by atoms with van der Waals surface area (Å²) >= 11 is 1.84. The second-order valence-electron chi connectivity index (χ2n) is 5.93. The SMILES string of the molecule is CC(NCCCCc1cccn1C)c1csc2ccccc12. The molecule has 0 aliphatic heterocycles. The van der Waals surface area contributed by atoms with Gasteiger partial charge < -0.3 is 9.88 Å². The third-order valence-electron chi connectivity index (χ3n) is 4.34. The second kappa shape index (κ2) is 7.12. The molecule has 2 aromatic heterocycles. The molecule has 116 valence electrons. The van der Waals surface area contributed by atoms with Gasteiger partial charge in [0.15, 0.2) is 0 Å². The number of thiophene rings is 1. The molecule has 3 aromatic rings. The Balaban J connectivity index is 1.46. The summed E-state index contributed by atoms with van der Waals surface area (Å²) in [6.07, 6.45) is 5.75. The van der Waals surface area contributed by atoms with Crippen molar-refractivity contribution >= 4 is 21.4 Å². The number of nitrogens with one attached hydrogen (secondary N) is 1. The van der Waals surface area contributed by atoms with Gasteiger partial charge in [0.2, 0.25) is 0 Å². The van der Waals surface area contributed by atoms with Gasteiger partial charge in [-0.25, -0.2) is 0 Å². The highest BCUT2D eigenvalue weighted by molar-refractivity contribution is 7.17. The Kier molecular flexibility index (Phi) is 4.96. The van der Waals surface area contributed by atoms with Crippen molar-refractivity contribution < 1.29 is 0 Å². The Morgan fingerprint density at radius 1 is 1.14 bits per heavy atom. The fourth-order valence-electron chi connectivity index (χ4n) is 2.95. The molecule has 0 bridgehead atoms. The van der Waals surface area contributed by atoms with Crippen LogP contribution in [0, 0.1) is 0 Å². The van der Waals surface area contributed by atoms with Gasteiger partial charge in [0, 0.05) is 29.7 Å². The maximum Gasteiger partial charge on any atom is 0.0346 e. The van der Waals surface area contributed by atoms with Crippen molar-refractivity contribution in [3.63, 3.8) is 0 Å². The summed E-state index contributed by atoms with van der Waals surface area (Å²) < 4.78 is 3.60. The minimum atomic E-state index is 0.422. The van der Waals surface area contributed by atoms with Crippen molar-refractivity contribution in [3.05, 3.63) is 59.2 Å². The molecule has 0 aliphatic rings. The zero-order valence-electron chi connectivity index (χ0n) is 13.4. The van der Waals surface area contributed by atoms with Gasteiger partial charge in [0.1, 0.15) is 0 Å². The first-order valence-electron chi connectivity index (χ1n) is 8.05. The van der Waals surface area contributed by atoms with Crippen LogP contribution in [0.2, 0.25) is 0 Å². The highest BCUT2D eigenvalue weighted by Crippen LogP contribution is 2.29. The largest absolute Gasteiger partial charge is 0.354 e. The number of hydrogen-bond donors (Lipinski definition) is 1. The smallest absolute Gasteiger partial charge is 0.0346 e. The topological polar surface area (TPSA) is 17.0 Å². The quantitative estimate of drug-likeness (QED) is 0.613. The molecule has 1 N–H and O–H groups in total. The first-order valence-corrected chi connectivity index (χ1v) is 8.93. The molecule has 1 atom stereocenters. The van der Waals surface area contributed by atoms with Gasteiger partial charge in [0.05, 0.1) is 0 Å². The van der Waals surface area contributed by atoms with E-state index in [4.69, 9.17) is 0 Å². The highest BCUT2D eigenvalue weighted by atomic mass is 32.1. The second-order valence-corrected chi connectivity index (χ2v) is 6.84. The molecule has 0 amide bonds. The lowest BCUT2D eigenvalue weighted by atomic mass is 10.1. The van der Waals surface area contributed by atoms with E-state index in [2.05, 4.69) is 71.8 Å². The first-order chi connectivity index (χ1) is 10.8. The average molecular weight is 312 g/mol. The van der Waals surface area contributed by atoms with Crippen LogP contribution in [0.15, 0.2) is 48.0 Å². The lowest BCUT2D eigenvalue weighted by Crippen LogP contribution is -2.19. The number of benzene rings is 1. The third-order valence-corrected chi connectivity index (χ3v) is 5.32. The van der Waals surface area contributed by atoms with E-state index in [9.17, 15) is 0 Å². The van der Waals surface area contributed by atoms with Gasteiger partial charge >= 0.3 is 0 Å². The van der Waals surface area contributed by atoms with Gasteiger partial charge in [-0.3, -0.25) is 0 Å². The van der Waals surface area contributed by atoms with Crippen LogP contribution in [-0.4, -0.2) is 11.1 Å². The van der Waals surface area contributed by atoms with E-state index in [0.29, 0.717) is 6.04 Å². The standard InChI is InChI=1S/C19H24N2S/c1-15(18-14-22-19-11-4-3-10-17(18)19)20-12-6-5-8-16-9-7-13-21(16)2/h3-4,7,9-11,13-15,20H,5-6,8,12H2,1-2H3. The molecule has 2 nitrogen and oxygen atoms in total. The van der Waals surface area contributed by atoms with Crippen LogP contribution in [0.5, 0.6) is 0 Å². The van der Waals surface area contributed by atoms with Gasteiger partial charge in [-0.2, -0.15) is 0 Å². The molecular weight excluding hydrogens is 288 g/mol. The minimum absolute atomic E-state index is 0.422. The van der Waals surface area contributed by atoms with Crippen LogP contribution in [0.1, 0.15) is 37.1 Å². The molecule has 0 radical (unpaired) electrons. The van der Waals surface area contributed by atoms with Crippen LogP contribution < -0.4 is 5.32 Å². The first kappa shape index (κ1) is 15.3. The molecule has 2 heterocycles. The molecule has 0 aliphatic carbocycles. The Morgan fingerprint density at radius 3 is 2.82 bits per heavy atom. The zero-order chi connectivity index (χ0) is 15.4. The molecule has 0 saturated carbocycles. The number of fused-ring (bicyclic) bond motifs is 1. The van der Waals surface area contributed by atoms with Crippen molar-refractivity contribution in [1.29, 1.82) is 0 Å². The number of aryl methyl sites for hydroxylation is 2. The number of nitrogens with zero attached hydrogens (tertiary/aromatic N) is 1. The fourth-order valence-corrected chi connectivity index (χ4v) is 4.00. The molecule has 3 rings (SSSR count). The van der Waals surface area contributed by atoms with Crippen molar-refractivity contribution in [2.24, 2.45) is 7.05 Å². The van der Waals surface area contributed by atoms with E-state index in [1.807, 2.05) is 11.3 Å². The van der Waals surface area contributed by atoms with Crippen molar-refractivity contribution in [3.8, 4) is 0 Å². The third kappa shape index (κ3) is 3.42. The maximum absolute atomic E-state index is 3.67. The maximum atomic E-state index is 3.67. The van der Waals surface area contributed by atoms with Crippen LogP contribution in [0.4, 0.5) is 0 Å². The van der Waals surface area contributed by atoms with Gasteiger partial charge in [0.25, 0.3) is 0 Å². The Labute approximate surface area is 136 Å². The zero-order valence-corrected chi connectivity index (χ0v) is 14.2. The van der Waals surface area contributed by atoms with Crippen molar-refractivity contribution in [2.45, 2.75) is 32.2 Å². The molecule has 3 heteroatoms. The Bertz CT molecular complexity index is 726. The van der Waals surface area contributed by atoms with Gasteiger partial charge in [-0.15, -0.1) is 11.3 Å². The highest BCUT2D eigenvalue weighted by Gasteiger charge is 2.10. The molecule has 22 heavy (non-hydrogen) atoms. The normalized spacial score (nSPS) is 12.8. The summed E-state index contributed by atoms with van der Waals surface area (Å²) in [6.45, 7) is 3.35. The molecular formula is C19H24N2S. The molecule has 1 unspecified atom stereocenters. The van der Waals surface area contributed by atoms with E-state index in [0.717, 1.165) is 6.54 Å². The molecule has 0 fully saturated rings. The van der Waals surface area contributed by atoms with E-state index in [1.54, 1.807) is 0 Å². The predicted octanol–water partition coefficient (Wildman–Crippen LogP) is 4.91. The lowest BCUT2D eigenvalue weighted by Gasteiger charge is -2.13.